The molecule has 0 radical (unpaired) electrons. The SMILES string of the molecule is CC(C)OCCNS(=O)(=O)c1ccc(Nc2nc(N)c(C(=O)c3c(F)cccc3F)s2)cc1. The van der Waals surface area contributed by atoms with Crippen LogP contribution < -0.4 is 15.8 Å². The molecular weight excluding hydrogens is 474 g/mol. The average Bonchev–Trinajstić information content (AvgIpc) is 3.11. The molecule has 0 saturated carbocycles. The van der Waals surface area contributed by atoms with Crippen molar-refractivity contribution < 1.29 is 26.7 Å². The minimum absolute atomic E-state index is 0.00121. The number of hydrogen-bond acceptors (Lipinski definition) is 8. The quantitative estimate of drug-likeness (QED) is 0.289. The first-order chi connectivity index (χ1) is 15.6. The zero-order chi connectivity index (χ0) is 24.2. The number of nitrogens with zero attached hydrogens (tertiary/aromatic N) is 1. The number of carbonyl (C=O) groups excluding carboxylic acids is 1. The molecule has 8 nitrogen and oxygen atoms in total. The Bertz CT molecular complexity index is 1230. The third-order valence-electron chi connectivity index (χ3n) is 4.31. The van der Waals surface area contributed by atoms with Gasteiger partial charge in [0.25, 0.3) is 0 Å². The molecule has 0 amide bonds. The Morgan fingerprint density at radius 1 is 1.15 bits per heavy atom. The van der Waals surface area contributed by atoms with Gasteiger partial charge in [0.2, 0.25) is 15.8 Å². The van der Waals surface area contributed by atoms with Crippen LogP contribution >= 0.6 is 11.3 Å². The highest BCUT2D eigenvalue weighted by Gasteiger charge is 2.24. The molecule has 4 N–H and O–H groups in total. The molecule has 1 aromatic heterocycles. The van der Waals surface area contributed by atoms with Gasteiger partial charge in [0.1, 0.15) is 22.3 Å². The van der Waals surface area contributed by atoms with Crippen molar-refractivity contribution in [2.75, 3.05) is 24.2 Å². The highest BCUT2D eigenvalue weighted by Crippen LogP contribution is 2.31. The number of anilines is 3. The van der Waals surface area contributed by atoms with Crippen molar-refractivity contribution in [3.05, 3.63) is 64.5 Å². The summed E-state index contributed by atoms with van der Waals surface area (Å²) >= 11 is 0.826. The van der Waals surface area contributed by atoms with E-state index in [4.69, 9.17) is 10.5 Å². The summed E-state index contributed by atoms with van der Waals surface area (Å²) in [5.74, 6) is -3.09. The topological polar surface area (TPSA) is 123 Å². The lowest BCUT2D eigenvalue weighted by Gasteiger charge is -2.10. The zero-order valence-corrected chi connectivity index (χ0v) is 19.4. The van der Waals surface area contributed by atoms with Gasteiger partial charge in [-0.1, -0.05) is 17.4 Å². The first-order valence-electron chi connectivity index (χ1n) is 9.82. The number of sulfonamides is 1. The Morgan fingerprint density at radius 3 is 2.39 bits per heavy atom. The van der Waals surface area contributed by atoms with Gasteiger partial charge in [-0.15, -0.1) is 0 Å². The molecule has 0 unspecified atom stereocenters. The first-order valence-corrected chi connectivity index (χ1v) is 12.1. The Balaban J connectivity index is 1.70. The number of nitrogens with two attached hydrogens (primary N) is 1. The van der Waals surface area contributed by atoms with Gasteiger partial charge in [0.15, 0.2) is 5.13 Å². The van der Waals surface area contributed by atoms with E-state index in [-0.39, 0.29) is 40.0 Å². The molecule has 1 heterocycles. The lowest BCUT2D eigenvalue weighted by Crippen LogP contribution is -2.28. The summed E-state index contributed by atoms with van der Waals surface area (Å²) in [6.07, 6.45) is 0.00121. The molecule has 0 aliphatic heterocycles. The highest BCUT2D eigenvalue weighted by atomic mass is 32.2. The summed E-state index contributed by atoms with van der Waals surface area (Å²) in [6.45, 7) is 4.10. The van der Waals surface area contributed by atoms with Crippen molar-refractivity contribution in [2.45, 2.75) is 24.8 Å². The average molecular weight is 497 g/mol. The Morgan fingerprint density at radius 2 is 1.79 bits per heavy atom. The first kappa shape index (κ1) is 24.7. The predicted octanol–water partition coefficient (Wildman–Crippen LogP) is 3.68. The van der Waals surface area contributed by atoms with Gasteiger partial charge in [-0.3, -0.25) is 4.79 Å². The van der Waals surface area contributed by atoms with E-state index in [0.29, 0.717) is 5.69 Å². The van der Waals surface area contributed by atoms with Crippen molar-refractivity contribution in [2.24, 2.45) is 0 Å². The lowest BCUT2D eigenvalue weighted by atomic mass is 10.1. The molecule has 0 fully saturated rings. The number of ketones is 1. The van der Waals surface area contributed by atoms with Gasteiger partial charge in [-0.05, 0) is 50.2 Å². The van der Waals surface area contributed by atoms with E-state index in [1.807, 2.05) is 13.8 Å². The number of carbonyl (C=O) groups is 1. The van der Waals surface area contributed by atoms with Gasteiger partial charge < -0.3 is 15.8 Å². The zero-order valence-electron chi connectivity index (χ0n) is 17.8. The summed E-state index contributed by atoms with van der Waals surface area (Å²) in [5, 5.41) is 3.10. The fraction of sp³-hybridized carbons (Fsp3) is 0.238. The summed E-state index contributed by atoms with van der Waals surface area (Å²) in [4.78, 5) is 16.5. The second-order valence-corrected chi connectivity index (χ2v) is 9.89. The standard InChI is InChI=1S/C21H22F2N4O4S2/c1-12(2)31-11-10-25-33(29,30)14-8-6-13(7-9-14)26-21-27-20(24)19(32-21)18(28)17-15(22)4-3-5-16(17)23/h3-9,12,25H,10-11,24H2,1-2H3,(H,26,27). The van der Waals surface area contributed by atoms with Crippen molar-refractivity contribution in [3.8, 4) is 0 Å². The van der Waals surface area contributed by atoms with Gasteiger partial charge in [0.05, 0.1) is 23.2 Å². The maximum absolute atomic E-state index is 13.9. The highest BCUT2D eigenvalue weighted by molar-refractivity contribution is 7.89. The van der Waals surface area contributed by atoms with Crippen molar-refractivity contribution in [1.82, 2.24) is 9.71 Å². The van der Waals surface area contributed by atoms with Crippen LogP contribution in [0.2, 0.25) is 0 Å². The van der Waals surface area contributed by atoms with E-state index >= 15 is 0 Å². The van der Waals surface area contributed by atoms with Crippen LogP contribution in [-0.4, -0.2) is 38.4 Å². The molecule has 0 aliphatic rings. The lowest BCUT2D eigenvalue weighted by molar-refractivity contribution is 0.0834. The number of rotatable bonds is 10. The van der Waals surface area contributed by atoms with Crippen molar-refractivity contribution in [1.29, 1.82) is 0 Å². The van der Waals surface area contributed by atoms with E-state index in [9.17, 15) is 22.0 Å². The molecule has 176 valence electrons. The number of nitrogens with one attached hydrogen (secondary N) is 2. The largest absolute Gasteiger partial charge is 0.382 e. The molecule has 3 aromatic rings. The third kappa shape index (κ3) is 6.11. The summed E-state index contributed by atoms with van der Waals surface area (Å²) in [5.41, 5.74) is 5.55. The molecule has 0 atom stereocenters. The van der Waals surface area contributed by atoms with E-state index in [0.717, 1.165) is 29.5 Å². The number of benzene rings is 2. The van der Waals surface area contributed by atoms with Crippen LogP contribution in [-0.2, 0) is 14.8 Å². The molecule has 0 spiro atoms. The molecule has 12 heteroatoms. The number of thiazole rings is 1. The number of nitrogen functional groups attached to an aromatic ring is 1. The summed E-state index contributed by atoms with van der Waals surface area (Å²) < 4.78 is 60.3. The van der Waals surface area contributed by atoms with Crippen LogP contribution in [0, 0.1) is 11.6 Å². The van der Waals surface area contributed by atoms with Gasteiger partial charge in [0, 0.05) is 12.2 Å². The van der Waals surface area contributed by atoms with Crippen LogP contribution in [0.5, 0.6) is 0 Å². The Hall–Kier alpha value is -2.93. The molecule has 33 heavy (non-hydrogen) atoms. The predicted molar refractivity (Wildman–Crippen MR) is 122 cm³/mol. The Labute approximate surface area is 193 Å². The van der Waals surface area contributed by atoms with E-state index in [2.05, 4.69) is 15.0 Å². The molecule has 0 saturated heterocycles. The van der Waals surface area contributed by atoms with E-state index in [1.165, 1.54) is 24.3 Å². The summed E-state index contributed by atoms with van der Waals surface area (Å²) in [6, 6.07) is 8.92. The second kappa shape index (κ2) is 10.3. The number of aromatic nitrogens is 1. The van der Waals surface area contributed by atoms with Gasteiger partial charge in [-0.2, -0.15) is 0 Å². The Kier molecular flexibility index (Phi) is 7.74. The van der Waals surface area contributed by atoms with Crippen LogP contribution in [0.1, 0.15) is 29.1 Å². The smallest absolute Gasteiger partial charge is 0.240 e. The summed E-state index contributed by atoms with van der Waals surface area (Å²) in [7, 11) is -3.71. The fourth-order valence-electron chi connectivity index (χ4n) is 2.77. The van der Waals surface area contributed by atoms with Crippen LogP contribution in [0.3, 0.4) is 0 Å². The van der Waals surface area contributed by atoms with Crippen LogP contribution in [0.4, 0.5) is 25.4 Å². The number of hydrogen-bond donors (Lipinski definition) is 3. The maximum atomic E-state index is 13.9. The minimum Gasteiger partial charge on any atom is -0.382 e. The molecule has 0 aliphatic carbocycles. The number of halogens is 2. The van der Waals surface area contributed by atoms with Crippen LogP contribution in [0.25, 0.3) is 0 Å². The minimum atomic E-state index is -3.71. The van der Waals surface area contributed by atoms with Crippen LogP contribution in [0.15, 0.2) is 47.4 Å². The van der Waals surface area contributed by atoms with Gasteiger partial charge in [-0.25, -0.2) is 26.9 Å². The molecule has 0 bridgehead atoms. The molecule has 2 aromatic carbocycles. The monoisotopic (exact) mass is 496 g/mol. The van der Waals surface area contributed by atoms with E-state index in [1.54, 1.807) is 0 Å². The second-order valence-electron chi connectivity index (χ2n) is 7.13. The molecule has 3 rings (SSSR count). The van der Waals surface area contributed by atoms with Crippen molar-refractivity contribution >= 4 is 43.8 Å². The van der Waals surface area contributed by atoms with Crippen molar-refractivity contribution in [3.63, 3.8) is 0 Å². The third-order valence-corrected chi connectivity index (χ3v) is 6.77. The normalized spacial score (nSPS) is 11.7. The van der Waals surface area contributed by atoms with Gasteiger partial charge >= 0.3 is 0 Å². The van der Waals surface area contributed by atoms with E-state index < -0.39 is 33.0 Å². The number of ether oxygens (including phenoxy) is 1. The maximum Gasteiger partial charge on any atom is 0.240 e. The fourth-order valence-corrected chi connectivity index (χ4v) is 4.64. The molecular formula is C21H22F2N4O4S2.